The van der Waals surface area contributed by atoms with Crippen LogP contribution in [0.15, 0.2) is 50.5 Å². The molecule has 2 heterocycles. The highest BCUT2D eigenvalue weighted by Crippen LogP contribution is 2.37. The maximum absolute atomic E-state index is 13.6. The number of hydrogen-bond donors (Lipinski definition) is 1. The summed E-state index contributed by atoms with van der Waals surface area (Å²) in [6, 6.07) is 3.67. The zero-order valence-electron chi connectivity index (χ0n) is 14.9. The van der Waals surface area contributed by atoms with Crippen LogP contribution in [0, 0.1) is 5.82 Å². The summed E-state index contributed by atoms with van der Waals surface area (Å²) >= 11 is 9.80. The van der Waals surface area contributed by atoms with Gasteiger partial charge < -0.3 is 10.1 Å². The molecule has 0 saturated heterocycles. The van der Waals surface area contributed by atoms with E-state index >= 15 is 0 Å². The molecule has 1 atom stereocenters. The van der Waals surface area contributed by atoms with Crippen LogP contribution in [-0.4, -0.2) is 28.8 Å². The topological polar surface area (TPSA) is 63.6 Å². The molecule has 1 unspecified atom stereocenters. The number of amidine groups is 1. The van der Waals surface area contributed by atoms with Crippen molar-refractivity contribution in [1.82, 2.24) is 10.3 Å². The van der Waals surface area contributed by atoms with Gasteiger partial charge in [0.25, 0.3) is 0 Å². The SMILES string of the molecule is CCOC(=O)C1=C(CCC=S)NC(c2nccs2)=NC1c1ccc(F)cc1Br. The average Bonchev–Trinajstić information content (AvgIpc) is 3.20. The first kappa shape index (κ1) is 20.8. The second-order valence-electron chi connectivity index (χ2n) is 5.83. The molecular formula is C19H17BrFN3O2S2. The van der Waals surface area contributed by atoms with E-state index in [4.69, 9.17) is 21.9 Å². The number of carbonyl (C=O) groups excluding carboxylic acids is 1. The first-order valence-electron chi connectivity index (χ1n) is 8.58. The van der Waals surface area contributed by atoms with Crippen molar-refractivity contribution >= 4 is 56.7 Å². The summed E-state index contributed by atoms with van der Waals surface area (Å²) < 4.78 is 19.4. The maximum atomic E-state index is 13.6. The minimum atomic E-state index is -0.658. The van der Waals surface area contributed by atoms with E-state index in [9.17, 15) is 9.18 Å². The zero-order chi connectivity index (χ0) is 20.1. The van der Waals surface area contributed by atoms with Crippen LogP contribution >= 0.6 is 39.5 Å². The number of benzene rings is 1. The van der Waals surface area contributed by atoms with Gasteiger partial charge in [-0.15, -0.1) is 11.3 Å². The number of nitrogens with one attached hydrogen (secondary N) is 1. The van der Waals surface area contributed by atoms with Crippen LogP contribution in [0.1, 0.15) is 36.4 Å². The molecule has 1 aliphatic heterocycles. The molecule has 3 rings (SSSR count). The maximum Gasteiger partial charge on any atom is 0.338 e. The van der Waals surface area contributed by atoms with Gasteiger partial charge in [-0.2, -0.15) is 0 Å². The van der Waals surface area contributed by atoms with Gasteiger partial charge in [0.1, 0.15) is 11.9 Å². The van der Waals surface area contributed by atoms with E-state index in [-0.39, 0.29) is 12.4 Å². The number of hydrogen-bond acceptors (Lipinski definition) is 7. The van der Waals surface area contributed by atoms with E-state index in [0.717, 1.165) is 0 Å². The number of halogens is 2. The van der Waals surface area contributed by atoms with Gasteiger partial charge in [0.05, 0.1) is 12.2 Å². The molecule has 1 aliphatic rings. The Bertz CT molecular complexity index is 945. The first-order chi connectivity index (χ1) is 13.5. The number of thiocarbonyl (C=S) groups is 1. The van der Waals surface area contributed by atoms with Crippen LogP contribution < -0.4 is 5.32 Å². The van der Waals surface area contributed by atoms with Gasteiger partial charge in [-0.05, 0) is 42.8 Å². The van der Waals surface area contributed by atoms with Gasteiger partial charge in [0.2, 0.25) is 0 Å². The third kappa shape index (κ3) is 4.53. The monoisotopic (exact) mass is 481 g/mol. The molecule has 28 heavy (non-hydrogen) atoms. The molecule has 1 aromatic carbocycles. The molecule has 0 spiro atoms. The van der Waals surface area contributed by atoms with Gasteiger partial charge in [0.15, 0.2) is 10.8 Å². The minimum absolute atomic E-state index is 0.239. The van der Waals surface area contributed by atoms with Crippen LogP contribution in [0.25, 0.3) is 0 Å². The molecule has 9 heteroatoms. The average molecular weight is 482 g/mol. The number of carbonyl (C=O) groups is 1. The Morgan fingerprint density at radius 2 is 2.32 bits per heavy atom. The normalized spacial score (nSPS) is 16.4. The van der Waals surface area contributed by atoms with Crippen LogP contribution in [0.4, 0.5) is 4.39 Å². The van der Waals surface area contributed by atoms with Crippen molar-refractivity contribution in [2.24, 2.45) is 4.99 Å². The summed E-state index contributed by atoms with van der Waals surface area (Å²) in [6.07, 6.45) is 2.81. The van der Waals surface area contributed by atoms with E-state index < -0.39 is 12.0 Å². The lowest BCUT2D eigenvalue weighted by molar-refractivity contribution is -0.139. The second kappa shape index (κ2) is 9.49. The smallest absolute Gasteiger partial charge is 0.338 e. The Morgan fingerprint density at radius 1 is 1.50 bits per heavy atom. The number of allylic oxidation sites excluding steroid dienone is 1. The zero-order valence-corrected chi connectivity index (χ0v) is 18.2. The predicted octanol–water partition coefficient (Wildman–Crippen LogP) is 4.73. The number of aliphatic imine (C=N–C) groups is 1. The highest BCUT2D eigenvalue weighted by molar-refractivity contribution is 9.10. The largest absolute Gasteiger partial charge is 0.463 e. The quantitative estimate of drug-likeness (QED) is 0.457. The van der Waals surface area contributed by atoms with Crippen molar-refractivity contribution in [3.63, 3.8) is 0 Å². The fourth-order valence-corrected chi connectivity index (χ4v) is 4.12. The summed E-state index contributed by atoms with van der Waals surface area (Å²) in [7, 11) is 0. The first-order valence-corrected chi connectivity index (χ1v) is 10.7. The van der Waals surface area contributed by atoms with E-state index in [1.54, 1.807) is 24.6 Å². The lowest BCUT2D eigenvalue weighted by Crippen LogP contribution is -2.34. The number of esters is 1. The molecule has 0 saturated carbocycles. The van der Waals surface area contributed by atoms with Gasteiger partial charge >= 0.3 is 5.97 Å². The summed E-state index contributed by atoms with van der Waals surface area (Å²) in [5.41, 5.74) is 1.74. The lowest BCUT2D eigenvalue weighted by Gasteiger charge is -2.27. The Hall–Kier alpha value is -1.97. The number of rotatable bonds is 7. The number of thiazole rings is 1. The van der Waals surface area contributed by atoms with Gasteiger partial charge in [-0.25, -0.2) is 14.2 Å². The Balaban J connectivity index is 2.15. The summed E-state index contributed by atoms with van der Waals surface area (Å²) in [6.45, 7) is 1.99. The molecule has 0 radical (unpaired) electrons. The molecular weight excluding hydrogens is 465 g/mol. The lowest BCUT2D eigenvalue weighted by atomic mass is 9.94. The third-order valence-electron chi connectivity index (χ3n) is 4.03. The van der Waals surface area contributed by atoms with Crippen molar-refractivity contribution in [3.8, 4) is 0 Å². The molecule has 0 fully saturated rings. The van der Waals surface area contributed by atoms with E-state index in [2.05, 4.69) is 26.2 Å². The minimum Gasteiger partial charge on any atom is -0.463 e. The van der Waals surface area contributed by atoms with Crippen molar-refractivity contribution in [1.29, 1.82) is 0 Å². The van der Waals surface area contributed by atoms with Crippen LogP contribution in [-0.2, 0) is 9.53 Å². The number of nitrogens with zero attached hydrogens (tertiary/aromatic N) is 2. The second-order valence-corrected chi connectivity index (χ2v) is 7.91. The standard InChI is InChI=1S/C19H17BrFN3O2S2/c1-2-26-19(25)15-14(4-3-8-27)23-17(18-22-7-9-28-18)24-16(15)12-6-5-11(21)10-13(12)20/h5-10,16H,2-4H2,1H3,(H,23,24). The van der Waals surface area contributed by atoms with Crippen molar-refractivity contribution < 1.29 is 13.9 Å². The molecule has 1 aromatic heterocycles. The summed E-state index contributed by atoms with van der Waals surface area (Å²) in [5, 5.41) is 7.40. The van der Waals surface area contributed by atoms with Crippen LogP contribution in [0.5, 0.6) is 0 Å². The summed E-state index contributed by atoms with van der Waals surface area (Å²) in [4.78, 5) is 21.8. The summed E-state index contributed by atoms with van der Waals surface area (Å²) in [5.74, 6) is -0.280. The van der Waals surface area contributed by atoms with Crippen LogP contribution in [0.2, 0.25) is 0 Å². The molecule has 1 N–H and O–H groups in total. The van der Waals surface area contributed by atoms with Crippen molar-refractivity contribution in [2.75, 3.05) is 6.61 Å². The molecule has 146 valence electrons. The van der Waals surface area contributed by atoms with E-state index in [0.29, 0.717) is 45.0 Å². The number of aromatic nitrogens is 1. The molecule has 0 amide bonds. The predicted molar refractivity (Wildman–Crippen MR) is 115 cm³/mol. The fourth-order valence-electron chi connectivity index (χ4n) is 2.84. The number of ether oxygens (including phenoxy) is 1. The van der Waals surface area contributed by atoms with Gasteiger partial charge in [-0.1, -0.05) is 34.2 Å². The van der Waals surface area contributed by atoms with E-state index in [1.807, 2.05) is 5.38 Å². The van der Waals surface area contributed by atoms with Crippen molar-refractivity contribution in [3.05, 3.63) is 61.9 Å². The molecule has 0 aliphatic carbocycles. The third-order valence-corrected chi connectivity index (χ3v) is 5.73. The molecule has 2 aromatic rings. The Labute approximate surface area is 179 Å². The Morgan fingerprint density at radius 3 is 2.96 bits per heavy atom. The van der Waals surface area contributed by atoms with Gasteiger partial charge in [-0.3, -0.25) is 4.99 Å². The highest BCUT2D eigenvalue weighted by atomic mass is 79.9. The Kier molecular flexibility index (Phi) is 7.03. The van der Waals surface area contributed by atoms with Crippen LogP contribution in [0.3, 0.4) is 0 Å². The fraction of sp³-hybridized carbons (Fsp3) is 0.263. The highest BCUT2D eigenvalue weighted by Gasteiger charge is 2.33. The molecule has 0 bridgehead atoms. The van der Waals surface area contributed by atoms with Gasteiger partial charge in [0, 0.05) is 21.7 Å². The van der Waals surface area contributed by atoms with E-state index in [1.165, 1.54) is 23.5 Å². The van der Waals surface area contributed by atoms with Crippen molar-refractivity contribution in [2.45, 2.75) is 25.8 Å². The molecule has 5 nitrogen and oxygen atoms in total.